The number of rotatable bonds is 2. The maximum absolute atomic E-state index is 12.6. The number of hydrogen-bond donors (Lipinski definition) is 0. The first kappa shape index (κ1) is 13.0. The number of carbonyl (C=O) groups excluding carboxylic acids is 1. The topological polar surface area (TPSA) is 63.4 Å². The molecule has 6 heteroatoms. The lowest BCUT2D eigenvalue weighted by Crippen LogP contribution is -2.39. The fourth-order valence-electron chi connectivity index (χ4n) is 2.86. The summed E-state index contributed by atoms with van der Waals surface area (Å²) in [5.74, 6) is 1.11. The molecular formula is C14H19N5O. The van der Waals surface area contributed by atoms with E-state index < -0.39 is 0 Å². The van der Waals surface area contributed by atoms with Gasteiger partial charge in [-0.2, -0.15) is 4.98 Å². The highest BCUT2D eigenvalue weighted by Crippen LogP contribution is 2.25. The van der Waals surface area contributed by atoms with Crippen LogP contribution in [-0.2, 0) is 0 Å². The molecule has 3 heterocycles. The predicted molar refractivity (Wildman–Crippen MR) is 74.4 cm³/mol. The van der Waals surface area contributed by atoms with Gasteiger partial charge in [0.15, 0.2) is 0 Å². The van der Waals surface area contributed by atoms with Crippen molar-refractivity contribution in [3.05, 3.63) is 23.8 Å². The molecule has 1 saturated heterocycles. The molecule has 1 aliphatic rings. The summed E-state index contributed by atoms with van der Waals surface area (Å²) in [6.45, 7) is 7.02. The number of aryl methyl sites for hydroxylation is 1. The van der Waals surface area contributed by atoms with Crippen LogP contribution in [0.1, 0.15) is 43.0 Å². The van der Waals surface area contributed by atoms with Crippen LogP contribution in [0.25, 0.3) is 5.78 Å². The lowest BCUT2D eigenvalue weighted by Gasteiger charge is -2.26. The Morgan fingerprint density at radius 3 is 2.95 bits per heavy atom. The largest absolute Gasteiger partial charge is 0.333 e. The first-order valence-corrected chi connectivity index (χ1v) is 7.07. The van der Waals surface area contributed by atoms with Crippen LogP contribution in [0.5, 0.6) is 0 Å². The fraction of sp³-hybridized carbons (Fsp3) is 0.571. The molecular weight excluding hydrogens is 254 g/mol. The van der Waals surface area contributed by atoms with E-state index in [0.29, 0.717) is 17.7 Å². The maximum atomic E-state index is 12.6. The zero-order chi connectivity index (χ0) is 14.3. The van der Waals surface area contributed by atoms with Crippen LogP contribution in [-0.4, -0.2) is 43.0 Å². The number of likely N-dealkylation sites (tertiary alicyclic amines) is 1. The Bertz CT molecular complexity index is 648. The zero-order valence-corrected chi connectivity index (χ0v) is 12.1. The van der Waals surface area contributed by atoms with E-state index in [0.717, 1.165) is 25.1 Å². The van der Waals surface area contributed by atoms with E-state index in [9.17, 15) is 4.79 Å². The molecule has 2 aromatic rings. The second-order valence-electron chi connectivity index (χ2n) is 5.69. The Hall–Kier alpha value is -1.98. The van der Waals surface area contributed by atoms with Crippen molar-refractivity contribution < 1.29 is 4.79 Å². The third-order valence-electron chi connectivity index (χ3n) is 3.95. The summed E-state index contributed by atoms with van der Waals surface area (Å²) in [4.78, 5) is 22.9. The van der Waals surface area contributed by atoms with Crippen LogP contribution in [0.4, 0.5) is 0 Å². The highest BCUT2D eigenvalue weighted by Gasteiger charge is 2.33. The molecule has 0 saturated carbocycles. The molecule has 1 aliphatic heterocycles. The van der Waals surface area contributed by atoms with Crippen LogP contribution >= 0.6 is 0 Å². The van der Waals surface area contributed by atoms with Crippen LogP contribution in [0.15, 0.2) is 12.3 Å². The van der Waals surface area contributed by atoms with Gasteiger partial charge in [0.05, 0.1) is 0 Å². The average molecular weight is 273 g/mol. The molecule has 1 unspecified atom stereocenters. The van der Waals surface area contributed by atoms with E-state index in [1.54, 1.807) is 10.7 Å². The van der Waals surface area contributed by atoms with Crippen molar-refractivity contribution in [3.63, 3.8) is 0 Å². The summed E-state index contributed by atoms with van der Waals surface area (Å²) in [5, 5.41) is 4.30. The first-order valence-electron chi connectivity index (χ1n) is 7.07. The van der Waals surface area contributed by atoms with Gasteiger partial charge in [0, 0.05) is 24.5 Å². The van der Waals surface area contributed by atoms with E-state index in [-0.39, 0.29) is 11.7 Å². The van der Waals surface area contributed by atoms with E-state index >= 15 is 0 Å². The molecule has 0 aliphatic carbocycles. The molecule has 0 aromatic carbocycles. The zero-order valence-electron chi connectivity index (χ0n) is 12.1. The minimum atomic E-state index is -0.0777. The van der Waals surface area contributed by atoms with Gasteiger partial charge in [-0.25, -0.2) is 9.50 Å². The number of fused-ring (bicyclic) bond motifs is 1. The van der Waals surface area contributed by atoms with Gasteiger partial charge in [0.2, 0.25) is 5.82 Å². The minimum absolute atomic E-state index is 0.0777. The van der Waals surface area contributed by atoms with Gasteiger partial charge in [-0.15, -0.1) is 5.10 Å². The van der Waals surface area contributed by atoms with Gasteiger partial charge in [0.25, 0.3) is 11.7 Å². The molecule has 0 bridgehead atoms. The standard InChI is InChI=1S/C14H19N5O/c1-9(2)11-5-4-8-18(11)13(20)12-16-14-15-7-6-10(3)19(14)17-12/h6-7,9,11H,4-5,8H2,1-3H3. The average Bonchev–Trinajstić information content (AvgIpc) is 3.05. The normalized spacial score (nSPS) is 19.2. The third-order valence-corrected chi connectivity index (χ3v) is 3.95. The highest BCUT2D eigenvalue weighted by molar-refractivity contribution is 5.91. The van der Waals surface area contributed by atoms with Crippen molar-refractivity contribution >= 4 is 11.7 Å². The van der Waals surface area contributed by atoms with Crippen molar-refractivity contribution in [3.8, 4) is 0 Å². The Kier molecular flexibility index (Phi) is 3.16. The molecule has 3 rings (SSSR count). The smallest absolute Gasteiger partial charge is 0.293 e. The maximum Gasteiger partial charge on any atom is 0.293 e. The monoisotopic (exact) mass is 273 g/mol. The fourth-order valence-corrected chi connectivity index (χ4v) is 2.86. The number of aromatic nitrogens is 4. The predicted octanol–water partition coefficient (Wildman–Crippen LogP) is 1.69. The SMILES string of the molecule is Cc1ccnc2nc(C(=O)N3CCCC3C(C)C)nn12. The summed E-state index contributed by atoms with van der Waals surface area (Å²) in [7, 11) is 0. The highest BCUT2D eigenvalue weighted by atomic mass is 16.2. The van der Waals surface area contributed by atoms with Crippen molar-refractivity contribution in [2.24, 2.45) is 5.92 Å². The number of amides is 1. The molecule has 1 atom stereocenters. The van der Waals surface area contributed by atoms with Crippen molar-refractivity contribution in [2.45, 2.75) is 39.7 Å². The molecule has 106 valence electrons. The number of hydrogen-bond acceptors (Lipinski definition) is 4. The van der Waals surface area contributed by atoms with E-state index in [1.165, 1.54) is 0 Å². The number of carbonyl (C=O) groups is 1. The summed E-state index contributed by atoms with van der Waals surface area (Å²) in [6, 6.07) is 2.14. The third kappa shape index (κ3) is 2.05. The molecule has 20 heavy (non-hydrogen) atoms. The Balaban J connectivity index is 1.94. The van der Waals surface area contributed by atoms with Crippen LogP contribution in [0.2, 0.25) is 0 Å². The quantitative estimate of drug-likeness (QED) is 0.835. The summed E-state index contributed by atoms with van der Waals surface area (Å²) in [5.41, 5.74) is 0.920. The van der Waals surface area contributed by atoms with Crippen molar-refractivity contribution in [1.29, 1.82) is 0 Å². The van der Waals surface area contributed by atoms with Crippen LogP contribution in [0, 0.1) is 12.8 Å². The van der Waals surface area contributed by atoms with E-state index in [1.807, 2.05) is 17.9 Å². The Labute approximate surface area is 117 Å². The lowest BCUT2D eigenvalue weighted by molar-refractivity contribution is 0.0689. The van der Waals surface area contributed by atoms with Gasteiger partial charge in [-0.05, 0) is 31.7 Å². The van der Waals surface area contributed by atoms with E-state index in [2.05, 4.69) is 28.9 Å². The molecule has 0 radical (unpaired) electrons. The summed E-state index contributed by atoms with van der Waals surface area (Å²) in [6.07, 6.45) is 3.80. The van der Waals surface area contributed by atoms with Gasteiger partial charge < -0.3 is 4.90 Å². The van der Waals surface area contributed by atoms with Crippen LogP contribution in [0.3, 0.4) is 0 Å². The van der Waals surface area contributed by atoms with Gasteiger partial charge >= 0.3 is 0 Å². The van der Waals surface area contributed by atoms with Gasteiger partial charge in [0.1, 0.15) is 0 Å². The second kappa shape index (κ2) is 4.85. The molecule has 0 N–H and O–H groups in total. The molecule has 1 fully saturated rings. The van der Waals surface area contributed by atoms with Gasteiger partial charge in [-0.3, -0.25) is 4.79 Å². The second-order valence-corrected chi connectivity index (χ2v) is 5.69. The van der Waals surface area contributed by atoms with Crippen molar-refractivity contribution in [2.75, 3.05) is 6.54 Å². The molecule has 6 nitrogen and oxygen atoms in total. The number of nitrogens with zero attached hydrogens (tertiary/aromatic N) is 5. The Morgan fingerprint density at radius 1 is 1.45 bits per heavy atom. The minimum Gasteiger partial charge on any atom is -0.333 e. The lowest BCUT2D eigenvalue weighted by atomic mass is 10.0. The summed E-state index contributed by atoms with van der Waals surface area (Å²) >= 11 is 0. The van der Waals surface area contributed by atoms with Crippen molar-refractivity contribution in [1.82, 2.24) is 24.5 Å². The Morgan fingerprint density at radius 2 is 2.25 bits per heavy atom. The first-order chi connectivity index (χ1) is 9.58. The van der Waals surface area contributed by atoms with E-state index in [4.69, 9.17) is 0 Å². The van der Waals surface area contributed by atoms with Gasteiger partial charge in [-0.1, -0.05) is 13.8 Å². The summed E-state index contributed by atoms with van der Waals surface area (Å²) < 4.78 is 1.62. The molecule has 0 spiro atoms. The molecule has 1 amide bonds. The van der Waals surface area contributed by atoms with Crippen LogP contribution < -0.4 is 0 Å². The molecule has 2 aromatic heterocycles.